The summed E-state index contributed by atoms with van der Waals surface area (Å²) in [5.74, 6) is -0.685. The zero-order valence-electron chi connectivity index (χ0n) is 7.38. The lowest BCUT2D eigenvalue weighted by molar-refractivity contribution is 0.0697. The standard InChI is InChI=1S/C9H8Cl2O3/c1-2-14-5-3-6(10)8(9(12)13)7(11)4-5/h3-4H,2H2,1H3,(H,12,13). The second-order valence-corrected chi connectivity index (χ2v) is 3.31. The van der Waals surface area contributed by atoms with Crippen molar-refractivity contribution in [2.45, 2.75) is 6.92 Å². The van der Waals surface area contributed by atoms with Crippen molar-refractivity contribution in [3.63, 3.8) is 0 Å². The maximum absolute atomic E-state index is 10.7. The van der Waals surface area contributed by atoms with Gasteiger partial charge in [0.2, 0.25) is 0 Å². The van der Waals surface area contributed by atoms with Crippen molar-refractivity contribution < 1.29 is 14.6 Å². The molecule has 5 heteroatoms. The average Bonchev–Trinajstić information content (AvgIpc) is 2.01. The van der Waals surface area contributed by atoms with Crippen molar-refractivity contribution in [1.29, 1.82) is 0 Å². The molecule has 0 aromatic heterocycles. The molecule has 0 radical (unpaired) electrons. The molecule has 76 valence electrons. The van der Waals surface area contributed by atoms with Crippen LogP contribution in [0.5, 0.6) is 5.75 Å². The molecule has 0 saturated heterocycles. The van der Waals surface area contributed by atoms with E-state index in [4.69, 9.17) is 33.0 Å². The lowest BCUT2D eigenvalue weighted by Gasteiger charge is -2.06. The van der Waals surface area contributed by atoms with Gasteiger partial charge in [-0.05, 0) is 19.1 Å². The minimum atomic E-state index is -1.15. The molecule has 0 saturated carbocycles. The van der Waals surface area contributed by atoms with E-state index in [2.05, 4.69) is 0 Å². The highest BCUT2D eigenvalue weighted by molar-refractivity contribution is 6.39. The van der Waals surface area contributed by atoms with Crippen molar-refractivity contribution in [2.75, 3.05) is 6.61 Å². The fraction of sp³-hybridized carbons (Fsp3) is 0.222. The first-order chi connectivity index (χ1) is 6.56. The number of halogens is 2. The Balaban J connectivity index is 3.18. The summed E-state index contributed by atoms with van der Waals surface area (Å²) >= 11 is 11.4. The zero-order valence-corrected chi connectivity index (χ0v) is 8.89. The van der Waals surface area contributed by atoms with E-state index in [0.29, 0.717) is 12.4 Å². The van der Waals surface area contributed by atoms with Crippen LogP contribution in [0.25, 0.3) is 0 Å². The van der Waals surface area contributed by atoms with Gasteiger partial charge in [-0.1, -0.05) is 23.2 Å². The summed E-state index contributed by atoms with van der Waals surface area (Å²) in [5.41, 5.74) is -0.100. The third kappa shape index (κ3) is 2.30. The van der Waals surface area contributed by atoms with Crippen LogP contribution in [0.4, 0.5) is 0 Å². The smallest absolute Gasteiger partial charge is 0.338 e. The largest absolute Gasteiger partial charge is 0.494 e. The van der Waals surface area contributed by atoms with Crippen molar-refractivity contribution in [3.8, 4) is 5.75 Å². The molecule has 0 aliphatic rings. The first-order valence-corrected chi connectivity index (χ1v) is 4.67. The molecule has 1 N–H and O–H groups in total. The maximum atomic E-state index is 10.7. The van der Waals surface area contributed by atoms with Crippen LogP contribution in [0, 0.1) is 0 Å². The highest BCUT2D eigenvalue weighted by Crippen LogP contribution is 2.30. The molecule has 0 aliphatic heterocycles. The summed E-state index contributed by atoms with van der Waals surface area (Å²) < 4.78 is 5.14. The molecule has 0 unspecified atom stereocenters. The van der Waals surface area contributed by atoms with Crippen molar-refractivity contribution in [1.82, 2.24) is 0 Å². The second-order valence-electron chi connectivity index (χ2n) is 2.50. The average molecular weight is 235 g/mol. The van der Waals surface area contributed by atoms with Crippen molar-refractivity contribution in [2.24, 2.45) is 0 Å². The Morgan fingerprint density at radius 1 is 1.43 bits per heavy atom. The van der Waals surface area contributed by atoms with E-state index in [-0.39, 0.29) is 15.6 Å². The molecule has 0 aliphatic carbocycles. The fourth-order valence-corrected chi connectivity index (χ4v) is 1.63. The molecule has 14 heavy (non-hydrogen) atoms. The number of carboxylic acids is 1. The number of carbonyl (C=O) groups is 1. The Morgan fingerprint density at radius 2 is 1.93 bits per heavy atom. The molecule has 0 spiro atoms. The maximum Gasteiger partial charge on any atom is 0.338 e. The third-order valence-corrected chi connectivity index (χ3v) is 2.14. The van der Waals surface area contributed by atoms with Gasteiger partial charge in [0, 0.05) is 0 Å². The summed E-state index contributed by atoms with van der Waals surface area (Å²) in [5, 5.41) is 8.91. The molecule has 3 nitrogen and oxygen atoms in total. The number of hydrogen-bond acceptors (Lipinski definition) is 2. The molecule has 0 bridgehead atoms. The van der Waals surface area contributed by atoms with Gasteiger partial charge in [0.05, 0.1) is 22.2 Å². The van der Waals surface area contributed by atoms with Crippen molar-refractivity contribution >= 4 is 29.2 Å². The first kappa shape index (κ1) is 11.1. The monoisotopic (exact) mass is 234 g/mol. The van der Waals surface area contributed by atoms with Gasteiger partial charge in [0.15, 0.2) is 0 Å². The summed E-state index contributed by atoms with van der Waals surface area (Å²) in [6, 6.07) is 2.86. The molecule has 0 fully saturated rings. The van der Waals surface area contributed by atoms with E-state index < -0.39 is 5.97 Å². The lowest BCUT2D eigenvalue weighted by atomic mass is 10.2. The van der Waals surface area contributed by atoms with Crippen LogP contribution in [0.3, 0.4) is 0 Å². The topological polar surface area (TPSA) is 46.5 Å². The van der Waals surface area contributed by atoms with E-state index >= 15 is 0 Å². The van der Waals surface area contributed by atoms with E-state index in [1.807, 2.05) is 6.92 Å². The molecular formula is C9H8Cl2O3. The Morgan fingerprint density at radius 3 is 2.29 bits per heavy atom. The van der Waals surface area contributed by atoms with Gasteiger partial charge in [0.1, 0.15) is 5.75 Å². The normalized spacial score (nSPS) is 9.93. The van der Waals surface area contributed by atoms with E-state index in [9.17, 15) is 4.79 Å². The van der Waals surface area contributed by atoms with Crippen LogP contribution in [0.15, 0.2) is 12.1 Å². The van der Waals surface area contributed by atoms with Crippen molar-refractivity contribution in [3.05, 3.63) is 27.7 Å². The summed E-state index contributed by atoms with van der Waals surface area (Å²) in [6.45, 7) is 2.28. The quantitative estimate of drug-likeness (QED) is 0.875. The van der Waals surface area contributed by atoms with Gasteiger partial charge in [0.25, 0.3) is 0 Å². The SMILES string of the molecule is CCOc1cc(Cl)c(C(=O)O)c(Cl)c1. The van der Waals surface area contributed by atoms with Crippen LogP contribution >= 0.6 is 23.2 Å². The van der Waals surface area contributed by atoms with E-state index in [1.54, 1.807) is 0 Å². The van der Waals surface area contributed by atoms with E-state index in [1.165, 1.54) is 12.1 Å². The molecule has 0 amide bonds. The summed E-state index contributed by atoms with van der Waals surface area (Å²) in [4.78, 5) is 10.7. The van der Waals surface area contributed by atoms with Gasteiger partial charge < -0.3 is 9.84 Å². The Bertz CT molecular complexity index is 340. The molecule has 1 aromatic rings. The van der Waals surface area contributed by atoms with Crippen LogP contribution in [0.1, 0.15) is 17.3 Å². The van der Waals surface area contributed by atoms with Gasteiger partial charge in [-0.25, -0.2) is 4.79 Å². The summed E-state index contributed by atoms with van der Waals surface area (Å²) in [7, 11) is 0. The number of hydrogen-bond donors (Lipinski definition) is 1. The molecule has 1 rings (SSSR count). The third-order valence-electron chi connectivity index (χ3n) is 1.54. The molecule has 0 atom stereocenters. The Labute approximate surface area is 91.2 Å². The van der Waals surface area contributed by atoms with Gasteiger partial charge >= 0.3 is 5.97 Å². The number of carboxylic acid groups (broad SMARTS) is 1. The molecule has 0 heterocycles. The highest BCUT2D eigenvalue weighted by atomic mass is 35.5. The Kier molecular flexibility index (Phi) is 3.61. The van der Waals surface area contributed by atoms with Gasteiger partial charge in [-0.15, -0.1) is 0 Å². The van der Waals surface area contributed by atoms with Crippen LogP contribution in [-0.2, 0) is 0 Å². The second kappa shape index (κ2) is 4.53. The number of aromatic carboxylic acids is 1. The first-order valence-electron chi connectivity index (χ1n) is 3.91. The number of benzene rings is 1. The highest BCUT2D eigenvalue weighted by Gasteiger charge is 2.15. The van der Waals surface area contributed by atoms with E-state index in [0.717, 1.165) is 0 Å². The predicted octanol–water partition coefficient (Wildman–Crippen LogP) is 3.09. The molecule has 1 aromatic carbocycles. The number of ether oxygens (including phenoxy) is 1. The van der Waals surface area contributed by atoms with Crippen LogP contribution in [0.2, 0.25) is 10.0 Å². The van der Waals surface area contributed by atoms with Gasteiger partial charge in [-0.2, -0.15) is 0 Å². The van der Waals surface area contributed by atoms with Crippen LogP contribution < -0.4 is 4.74 Å². The van der Waals surface area contributed by atoms with Crippen LogP contribution in [-0.4, -0.2) is 17.7 Å². The Hall–Kier alpha value is -0.930. The fourth-order valence-electron chi connectivity index (χ4n) is 1.00. The number of rotatable bonds is 3. The van der Waals surface area contributed by atoms with Gasteiger partial charge in [-0.3, -0.25) is 0 Å². The summed E-state index contributed by atoms with van der Waals surface area (Å²) in [6.07, 6.45) is 0. The zero-order chi connectivity index (χ0) is 10.7. The predicted molar refractivity (Wildman–Crippen MR) is 54.6 cm³/mol. The minimum Gasteiger partial charge on any atom is -0.494 e. The lowest BCUT2D eigenvalue weighted by Crippen LogP contribution is -2.00. The molecular weight excluding hydrogens is 227 g/mol. The minimum absolute atomic E-state index is 0.0773.